The maximum atomic E-state index is 12.9. The number of guanidine groups is 1. The second kappa shape index (κ2) is 13.3. The van der Waals surface area contributed by atoms with Crippen LogP contribution in [-0.4, -0.2) is 56.1 Å². The third kappa shape index (κ3) is 9.34. The molecule has 30 heavy (non-hydrogen) atoms. The Bertz CT molecular complexity index is 638. The van der Waals surface area contributed by atoms with Gasteiger partial charge in [0.25, 0.3) is 0 Å². The molecule has 0 bridgehead atoms. The van der Waals surface area contributed by atoms with Gasteiger partial charge in [-0.15, -0.1) is 24.0 Å². The Morgan fingerprint density at radius 1 is 1.30 bits per heavy atom. The van der Waals surface area contributed by atoms with Gasteiger partial charge >= 0.3 is 0 Å². The molecule has 3 N–H and O–H groups in total. The smallest absolute Gasteiger partial charge is 0.191 e. The van der Waals surface area contributed by atoms with Crippen LogP contribution in [0.1, 0.15) is 40.5 Å². The van der Waals surface area contributed by atoms with Crippen LogP contribution in [0.5, 0.6) is 5.75 Å². The number of rotatable bonds is 8. The van der Waals surface area contributed by atoms with Gasteiger partial charge in [0.1, 0.15) is 24.3 Å². The van der Waals surface area contributed by atoms with E-state index in [4.69, 9.17) is 9.47 Å². The van der Waals surface area contributed by atoms with E-state index in [2.05, 4.69) is 36.4 Å². The van der Waals surface area contributed by atoms with E-state index in [1.54, 1.807) is 0 Å². The minimum Gasteiger partial charge on any atom is -0.491 e. The number of nitrogens with zero attached hydrogens (tertiary/aromatic N) is 1. The molecule has 6 nitrogen and oxygen atoms in total. The summed E-state index contributed by atoms with van der Waals surface area (Å²) in [7, 11) is 0. The Labute approximate surface area is 197 Å². The lowest BCUT2D eigenvalue weighted by Gasteiger charge is -2.40. The maximum absolute atomic E-state index is 12.9. The number of ether oxygens (including phenoxy) is 2. The Morgan fingerprint density at radius 3 is 2.63 bits per heavy atom. The topological polar surface area (TPSA) is 75.1 Å². The van der Waals surface area contributed by atoms with Gasteiger partial charge in [0, 0.05) is 25.6 Å². The Morgan fingerprint density at radius 2 is 2.00 bits per heavy atom. The van der Waals surface area contributed by atoms with E-state index >= 15 is 0 Å². The first kappa shape index (κ1) is 26.9. The quantitative estimate of drug-likeness (QED) is 0.269. The standard InChI is InChI=1S/C22H36FN3O3.HI/c1-5-24-21(25-13-16-7-6-12-28-20(16)22(2,3)4)26-14-18(27)15-29-19-10-8-17(23)9-11-19;/h8-11,16,18,20,27H,5-7,12-15H2,1-4H3,(H2,24,25,26);1H. The van der Waals surface area contributed by atoms with Crippen LogP contribution >= 0.6 is 24.0 Å². The van der Waals surface area contributed by atoms with Gasteiger partial charge in [-0.3, -0.25) is 4.99 Å². The van der Waals surface area contributed by atoms with Gasteiger partial charge in [0.05, 0.1) is 12.6 Å². The zero-order chi connectivity index (χ0) is 21.3. The second-order valence-electron chi connectivity index (χ2n) is 8.58. The third-order valence-corrected chi connectivity index (χ3v) is 4.89. The summed E-state index contributed by atoms with van der Waals surface area (Å²) in [6.07, 6.45) is 1.66. The summed E-state index contributed by atoms with van der Waals surface area (Å²) in [6.45, 7) is 11.3. The Balaban J connectivity index is 0.00000450. The minimum atomic E-state index is -0.754. The van der Waals surface area contributed by atoms with Crippen LogP contribution in [-0.2, 0) is 4.74 Å². The van der Waals surface area contributed by atoms with Crippen molar-refractivity contribution in [1.29, 1.82) is 0 Å². The zero-order valence-corrected chi connectivity index (χ0v) is 20.8. The average molecular weight is 537 g/mol. The number of hydrogen-bond donors (Lipinski definition) is 3. The van der Waals surface area contributed by atoms with Crippen molar-refractivity contribution in [2.24, 2.45) is 16.3 Å². The van der Waals surface area contributed by atoms with Crippen LogP contribution in [0.3, 0.4) is 0 Å². The molecule has 0 aromatic heterocycles. The van der Waals surface area contributed by atoms with Crippen LogP contribution in [0.4, 0.5) is 4.39 Å². The number of nitrogens with one attached hydrogen (secondary N) is 2. The number of aliphatic imine (C=N–C) groups is 1. The van der Waals surface area contributed by atoms with Gasteiger partial charge in [-0.05, 0) is 49.4 Å². The maximum Gasteiger partial charge on any atom is 0.191 e. The van der Waals surface area contributed by atoms with Gasteiger partial charge in [-0.2, -0.15) is 0 Å². The first-order chi connectivity index (χ1) is 13.8. The molecule has 0 amide bonds. The molecule has 1 heterocycles. The molecule has 0 aliphatic carbocycles. The van der Waals surface area contributed by atoms with Gasteiger partial charge in [0.15, 0.2) is 5.96 Å². The summed E-state index contributed by atoms with van der Waals surface area (Å²) in [5, 5.41) is 16.8. The van der Waals surface area contributed by atoms with E-state index in [1.807, 2.05) is 6.92 Å². The van der Waals surface area contributed by atoms with E-state index in [-0.39, 0.29) is 54.5 Å². The van der Waals surface area contributed by atoms with Gasteiger partial charge in [-0.1, -0.05) is 20.8 Å². The van der Waals surface area contributed by atoms with Crippen LogP contribution in [0, 0.1) is 17.2 Å². The van der Waals surface area contributed by atoms with Crippen molar-refractivity contribution in [2.75, 3.05) is 32.8 Å². The summed E-state index contributed by atoms with van der Waals surface area (Å²) < 4.78 is 24.4. The predicted molar refractivity (Wildman–Crippen MR) is 129 cm³/mol. The molecule has 1 aliphatic rings. The number of hydrogen-bond acceptors (Lipinski definition) is 4. The molecule has 0 saturated carbocycles. The Hall–Kier alpha value is -1.13. The molecular weight excluding hydrogens is 500 g/mol. The van der Waals surface area contributed by atoms with Crippen molar-refractivity contribution >= 4 is 29.9 Å². The van der Waals surface area contributed by atoms with Gasteiger partial charge in [0.2, 0.25) is 0 Å². The van der Waals surface area contributed by atoms with Crippen molar-refractivity contribution in [1.82, 2.24) is 10.6 Å². The molecule has 1 aliphatic heterocycles. The molecule has 1 fully saturated rings. The number of halogens is 2. The van der Waals surface area contributed by atoms with E-state index in [0.29, 0.717) is 17.6 Å². The van der Waals surface area contributed by atoms with E-state index in [1.165, 1.54) is 24.3 Å². The first-order valence-corrected chi connectivity index (χ1v) is 10.5. The average Bonchev–Trinajstić information content (AvgIpc) is 2.69. The SMILES string of the molecule is CCNC(=NCC(O)COc1ccc(F)cc1)NCC1CCCOC1C(C)(C)C.I. The van der Waals surface area contributed by atoms with Crippen LogP contribution in [0.15, 0.2) is 29.3 Å². The fourth-order valence-corrected chi connectivity index (χ4v) is 3.55. The van der Waals surface area contributed by atoms with Gasteiger partial charge < -0.3 is 25.2 Å². The van der Waals surface area contributed by atoms with Gasteiger partial charge in [-0.25, -0.2) is 4.39 Å². The van der Waals surface area contributed by atoms with Crippen molar-refractivity contribution in [3.05, 3.63) is 30.1 Å². The van der Waals surface area contributed by atoms with Crippen LogP contribution in [0.25, 0.3) is 0 Å². The molecular formula is C22H37FIN3O3. The second-order valence-corrected chi connectivity index (χ2v) is 8.58. The van der Waals surface area contributed by atoms with Crippen molar-refractivity contribution in [2.45, 2.75) is 52.7 Å². The lowest BCUT2D eigenvalue weighted by molar-refractivity contribution is -0.0835. The predicted octanol–water partition coefficient (Wildman–Crippen LogP) is 3.58. The molecule has 172 valence electrons. The summed E-state index contributed by atoms with van der Waals surface area (Å²) in [4.78, 5) is 4.48. The summed E-state index contributed by atoms with van der Waals surface area (Å²) in [6, 6.07) is 5.73. The highest BCUT2D eigenvalue weighted by Crippen LogP contribution is 2.33. The highest BCUT2D eigenvalue weighted by atomic mass is 127. The minimum absolute atomic E-state index is 0. The number of aliphatic hydroxyl groups excluding tert-OH is 1. The molecule has 0 radical (unpaired) electrons. The van der Waals surface area contributed by atoms with Crippen LogP contribution < -0.4 is 15.4 Å². The van der Waals surface area contributed by atoms with Crippen molar-refractivity contribution < 1.29 is 19.0 Å². The lowest BCUT2D eigenvalue weighted by Crippen LogP contribution is -2.47. The summed E-state index contributed by atoms with van der Waals surface area (Å²) >= 11 is 0. The fraction of sp³-hybridized carbons (Fsp3) is 0.682. The summed E-state index contributed by atoms with van der Waals surface area (Å²) in [5.41, 5.74) is 0.0934. The molecule has 2 rings (SSSR count). The number of aliphatic hydroxyl groups is 1. The molecule has 1 aromatic rings. The van der Waals surface area contributed by atoms with E-state index < -0.39 is 6.10 Å². The zero-order valence-electron chi connectivity index (χ0n) is 18.5. The third-order valence-electron chi connectivity index (χ3n) is 4.89. The van der Waals surface area contributed by atoms with Crippen molar-refractivity contribution in [3.63, 3.8) is 0 Å². The Kier molecular flexibility index (Phi) is 11.9. The molecule has 3 atom stereocenters. The monoisotopic (exact) mass is 537 g/mol. The lowest BCUT2D eigenvalue weighted by atomic mass is 9.78. The highest BCUT2D eigenvalue weighted by Gasteiger charge is 2.35. The fourth-order valence-electron chi connectivity index (χ4n) is 3.55. The highest BCUT2D eigenvalue weighted by molar-refractivity contribution is 14.0. The normalized spacial score (nSPS) is 20.8. The summed E-state index contributed by atoms with van der Waals surface area (Å²) in [5.74, 6) is 1.29. The first-order valence-electron chi connectivity index (χ1n) is 10.5. The molecule has 8 heteroatoms. The van der Waals surface area contributed by atoms with E-state index in [9.17, 15) is 9.50 Å². The molecule has 0 spiro atoms. The largest absolute Gasteiger partial charge is 0.491 e. The molecule has 1 saturated heterocycles. The number of benzene rings is 1. The molecule has 1 aromatic carbocycles. The molecule has 3 unspecified atom stereocenters. The van der Waals surface area contributed by atoms with E-state index in [0.717, 1.165) is 32.5 Å². The van der Waals surface area contributed by atoms with Crippen LogP contribution in [0.2, 0.25) is 0 Å². The van der Waals surface area contributed by atoms with Crippen molar-refractivity contribution in [3.8, 4) is 5.75 Å².